The van der Waals surface area contributed by atoms with Gasteiger partial charge in [0, 0.05) is 30.9 Å². The van der Waals surface area contributed by atoms with Crippen LogP contribution in [-0.2, 0) is 0 Å². The number of hydrogen-bond donors (Lipinski definition) is 1. The molecule has 1 saturated carbocycles. The van der Waals surface area contributed by atoms with Gasteiger partial charge in [0.2, 0.25) is 0 Å². The van der Waals surface area contributed by atoms with Crippen LogP contribution in [0.4, 0.5) is 5.69 Å². The molecule has 4 nitrogen and oxygen atoms in total. The van der Waals surface area contributed by atoms with Gasteiger partial charge in [-0.05, 0) is 37.1 Å². The lowest BCUT2D eigenvalue weighted by Crippen LogP contribution is -2.33. The fourth-order valence-electron chi connectivity index (χ4n) is 1.95. The molecule has 0 radical (unpaired) electrons. The van der Waals surface area contributed by atoms with E-state index in [2.05, 4.69) is 11.4 Å². The van der Waals surface area contributed by atoms with Crippen LogP contribution >= 0.6 is 0 Å². The molecule has 18 heavy (non-hydrogen) atoms. The minimum atomic E-state index is 0.0374. The van der Waals surface area contributed by atoms with Crippen molar-refractivity contribution in [2.45, 2.75) is 25.3 Å². The third-order valence-electron chi connectivity index (χ3n) is 3.13. The summed E-state index contributed by atoms with van der Waals surface area (Å²) < 4.78 is 0. The second kappa shape index (κ2) is 5.54. The second-order valence-electron chi connectivity index (χ2n) is 4.47. The quantitative estimate of drug-likeness (QED) is 0.863. The molecule has 0 saturated heterocycles. The zero-order chi connectivity index (χ0) is 13.0. The van der Waals surface area contributed by atoms with Gasteiger partial charge in [-0.1, -0.05) is 0 Å². The number of amides is 1. The number of benzene rings is 1. The molecule has 1 N–H and O–H groups in total. The van der Waals surface area contributed by atoms with E-state index in [9.17, 15) is 4.79 Å². The first-order valence-corrected chi connectivity index (χ1v) is 6.22. The number of nitriles is 1. The van der Waals surface area contributed by atoms with Gasteiger partial charge in [-0.15, -0.1) is 0 Å². The minimum Gasteiger partial charge on any atom is -0.388 e. The molecular formula is C14H17N3O. The number of rotatable bonds is 5. The van der Waals surface area contributed by atoms with Crippen LogP contribution in [0.3, 0.4) is 0 Å². The first kappa shape index (κ1) is 12.4. The summed E-state index contributed by atoms with van der Waals surface area (Å²) in [6, 6.07) is 9.89. The van der Waals surface area contributed by atoms with Crippen molar-refractivity contribution in [3.8, 4) is 6.07 Å². The van der Waals surface area contributed by atoms with Crippen molar-refractivity contribution in [1.29, 1.82) is 5.26 Å². The summed E-state index contributed by atoms with van der Waals surface area (Å²) in [6.45, 7) is 0.535. The SMILES string of the molecule is CNc1ccc(C(=O)N(CCC#N)C2CC2)cc1. The Hall–Kier alpha value is -2.02. The Kier molecular flexibility index (Phi) is 3.83. The molecule has 4 heteroatoms. The van der Waals surface area contributed by atoms with Crippen LogP contribution in [0.25, 0.3) is 0 Å². The van der Waals surface area contributed by atoms with Gasteiger partial charge in [0.25, 0.3) is 5.91 Å². The molecule has 1 aromatic carbocycles. The number of nitrogens with zero attached hydrogens (tertiary/aromatic N) is 2. The molecular weight excluding hydrogens is 226 g/mol. The van der Waals surface area contributed by atoms with Gasteiger partial charge in [-0.25, -0.2) is 0 Å². The van der Waals surface area contributed by atoms with Crippen LogP contribution in [0.1, 0.15) is 29.6 Å². The van der Waals surface area contributed by atoms with Crippen LogP contribution in [0, 0.1) is 11.3 Å². The van der Waals surface area contributed by atoms with E-state index in [1.807, 2.05) is 36.2 Å². The average Bonchev–Trinajstić information content (AvgIpc) is 3.24. The number of carbonyl (C=O) groups is 1. The summed E-state index contributed by atoms with van der Waals surface area (Å²) >= 11 is 0. The van der Waals surface area contributed by atoms with Crippen LogP contribution in [-0.4, -0.2) is 30.4 Å². The number of carbonyl (C=O) groups excluding carboxylic acids is 1. The summed E-state index contributed by atoms with van der Waals surface area (Å²) in [5.74, 6) is 0.0374. The van der Waals surface area contributed by atoms with E-state index in [0.29, 0.717) is 24.6 Å². The first-order chi connectivity index (χ1) is 8.76. The van der Waals surface area contributed by atoms with Gasteiger partial charge in [0.1, 0.15) is 0 Å². The van der Waals surface area contributed by atoms with Crippen molar-refractivity contribution >= 4 is 11.6 Å². The number of nitrogens with one attached hydrogen (secondary N) is 1. The number of anilines is 1. The van der Waals surface area contributed by atoms with Crippen LogP contribution in [0.2, 0.25) is 0 Å². The number of hydrogen-bond acceptors (Lipinski definition) is 3. The Morgan fingerprint density at radius 2 is 2.11 bits per heavy atom. The topological polar surface area (TPSA) is 56.1 Å². The molecule has 1 aliphatic rings. The molecule has 1 amide bonds. The Morgan fingerprint density at radius 1 is 1.44 bits per heavy atom. The zero-order valence-electron chi connectivity index (χ0n) is 10.5. The maximum Gasteiger partial charge on any atom is 0.254 e. The lowest BCUT2D eigenvalue weighted by Gasteiger charge is -2.21. The van der Waals surface area contributed by atoms with Crippen molar-refractivity contribution in [3.63, 3.8) is 0 Å². The summed E-state index contributed by atoms with van der Waals surface area (Å²) in [5, 5.41) is 11.7. The highest BCUT2D eigenvalue weighted by Gasteiger charge is 2.32. The summed E-state index contributed by atoms with van der Waals surface area (Å²) in [6.07, 6.45) is 2.52. The van der Waals surface area contributed by atoms with Gasteiger partial charge in [-0.2, -0.15) is 5.26 Å². The van der Waals surface area contributed by atoms with Crippen LogP contribution in [0.5, 0.6) is 0 Å². The second-order valence-corrected chi connectivity index (χ2v) is 4.47. The van der Waals surface area contributed by atoms with Gasteiger partial charge in [0.05, 0.1) is 12.5 Å². The molecule has 1 fully saturated rings. The molecule has 0 aromatic heterocycles. The predicted octanol–water partition coefficient (Wildman–Crippen LogP) is 2.25. The molecule has 2 rings (SSSR count). The highest BCUT2D eigenvalue weighted by atomic mass is 16.2. The highest BCUT2D eigenvalue weighted by Crippen LogP contribution is 2.28. The van der Waals surface area contributed by atoms with Crippen molar-refractivity contribution in [2.75, 3.05) is 18.9 Å². The minimum absolute atomic E-state index is 0.0374. The smallest absolute Gasteiger partial charge is 0.254 e. The van der Waals surface area contributed by atoms with E-state index in [-0.39, 0.29) is 5.91 Å². The van der Waals surface area contributed by atoms with E-state index in [0.717, 1.165) is 18.5 Å². The van der Waals surface area contributed by atoms with Crippen LogP contribution < -0.4 is 5.32 Å². The first-order valence-electron chi connectivity index (χ1n) is 6.22. The molecule has 0 atom stereocenters. The summed E-state index contributed by atoms with van der Waals surface area (Å²) in [7, 11) is 1.85. The van der Waals surface area contributed by atoms with Crippen LogP contribution in [0.15, 0.2) is 24.3 Å². The highest BCUT2D eigenvalue weighted by molar-refractivity contribution is 5.95. The average molecular weight is 243 g/mol. The molecule has 0 heterocycles. The zero-order valence-corrected chi connectivity index (χ0v) is 10.5. The van der Waals surface area contributed by atoms with E-state index in [4.69, 9.17) is 5.26 Å². The molecule has 0 unspecified atom stereocenters. The maximum atomic E-state index is 12.3. The third kappa shape index (κ3) is 2.80. The van der Waals surface area contributed by atoms with Crippen molar-refractivity contribution < 1.29 is 4.79 Å². The maximum absolute atomic E-state index is 12.3. The predicted molar refractivity (Wildman–Crippen MR) is 70.3 cm³/mol. The fraction of sp³-hybridized carbons (Fsp3) is 0.429. The van der Waals surface area contributed by atoms with E-state index in [1.165, 1.54) is 0 Å². The molecule has 1 aromatic rings. The van der Waals surface area contributed by atoms with Crippen molar-refractivity contribution in [1.82, 2.24) is 4.90 Å². The molecule has 0 aliphatic heterocycles. The van der Waals surface area contributed by atoms with Gasteiger partial charge in [0.15, 0.2) is 0 Å². The molecule has 0 bridgehead atoms. The molecule has 0 spiro atoms. The lowest BCUT2D eigenvalue weighted by molar-refractivity contribution is 0.0747. The van der Waals surface area contributed by atoms with Crippen molar-refractivity contribution in [3.05, 3.63) is 29.8 Å². The van der Waals surface area contributed by atoms with E-state index >= 15 is 0 Å². The summed E-state index contributed by atoms with van der Waals surface area (Å²) in [5.41, 5.74) is 1.68. The fourth-order valence-corrected chi connectivity index (χ4v) is 1.95. The molecule has 94 valence electrons. The van der Waals surface area contributed by atoms with E-state index < -0.39 is 0 Å². The standard InChI is InChI=1S/C14H17N3O/c1-16-12-5-3-11(4-6-12)14(18)17(10-2-9-15)13-7-8-13/h3-6,13,16H,2,7-8,10H2,1H3. The largest absolute Gasteiger partial charge is 0.388 e. The molecule has 1 aliphatic carbocycles. The van der Waals surface area contributed by atoms with Crippen molar-refractivity contribution in [2.24, 2.45) is 0 Å². The Morgan fingerprint density at radius 3 is 2.61 bits per heavy atom. The third-order valence-corrected chi connectivity index (χ3v) is 3.13. The van der Waals surface area contributed by atoms with Gasteiger partial charge >= 0.3 is 0 Å². The van der Waals surface area contributed by atoms with Gasteiger partial charge < -0.3 is 10.2 Å². The van der Waals surface area contributed by atoms with Gasteiger partial charge in [-0.3, -0.25) is 4.79 Å². The normalized spacial score (nSPS) is 13.8. The Labute approximate surface area is 107 Å². The monoisotopic (exact) mass is 243 g/mol. The Bertz CT molecular complexity index is 457. The Balaban J connectivity index is 2.09. The van der Waals surface area contributed by atoms with E-state index in [1.54, 1.807) is 0 Å². The summed E-state index contributed by atoms with van der Waals surface area (Å²) in [4.78, 5) is 14.2. The lowest BCUT2D eigenvalue weighted by atomic mass is 10.1.